The predicted molar refractivity (Wildman–Crippen MR) is 61.0 cm³/mol. The van der Waals surface area contributed by atoms with E-state index in [1.807, 2.05) is 6.92 Å². The maximum Gasteiger partial charge on any atom is 0.247 e. The molecule has 15 heavy (non-hydrogen) atoms. The summed E-state index contributed by atoms with van der Waals surface area (Å²) in [6.45, 7) is 5.24. The first-order chi connectivity index (χ1) is 7.08. The largest absolute Gasteiger partial charge is 0.495 e. The zero-order valence-corrected chi connectivity index (χ0v) is 8.83. The van der Waals surface area contributed by atoms with Gasteiger partial charge in [0.1, 0.15) is 5.75 Å². The third-order valence-electron chi connectivity index (χ3n) is 2.02. The second-order valence-corrected chi connectivity index (χ2v) is 3.10. The van der Waals surface area contributed by atoms with Gasteiger partial charge in [-0.25, -0.2) is 0 Å². The molecule has 0 bridgehead atoms. The van der Waals surface area contributed by atoms with Gasteiger partial charge in [-0.2, -0.15) is 0 Å². The van der Waals surface area contributed by atoms with Crippen molar-refractivity contribution in [1.82, 2.24) is 0 Å². The molecule has 0 spiro atoms. The van der Waals surface area contributed by atoms with Crippen molar-refractivity contribution >= 4 is 17.3 Å². The van der Waals surface area contributed by atoms with Gasteiger partial charge in [-0.3, -0.25) is 4.79 Å². The second-order valence-electron chi connectivity index (χ2n) is 3.10. The Morgan fingerprint density at radius 1 is 1.60 bits per heavy atom. The van der Waals surface area contributed by atoms with Crippen molar-refractivity contribution in [2.75, 3.05) is 18.2 Å². The summed E-state index contributed by atoms with van der Waals surface area (Å²) in [7, 11) is 1.55. The molecule has 1 rings (SSSR count). The minimum atomic E-state index is -0.261. The minimum absolute atomic E-state index is 0.261. The van der Waals surface area contributed by atoms with Crippen LogP contribution in [0, 0.1) is 6.92 Å². The van der Waals surface area contributed by atoms with Crippen LogP contribution >= 0.6 is 0 Å². The number of benzene rings is 1. The number of carbonyl (C=O) groups is 1. The highest BCUT2D eigenvalue weighted by atomic mass is 16.5. The quantitative estimate of drug-likeness (QED) is 0.584. The zero-order valence-electron chi connectivity index (χ0n) is 8.83. The molecular formula is C11H14N2O2. The summed E-state index contributed by atoms with van der Waals surface area (Å²) in [5, 5.41) is 2.66. The van der Waals surface area contributed by atoms with Crippen molar-refractivity contribution in [2.45, 2.75) is 6.92 Å². The van der Waals surface area contributed by atoms with Crippen LogP contribution in [0.3, 0.4) is 0 Å². The number of hydrogen-bond acceptors (Lipinski definition) is 3. The molecule has 0 saturated heterocycles. The number of carbonyl (C=O) groups excluding carboxylic acids is 1. The number of nitrogens with one attached hydrogen (secondary N) is 1. The van der Waals surface area contributed by atoms with Gasteiger partial charge in [-0.15, -0.1) is 0 Å². The highest BCUT2D eigenvalue weighted by Crippen LogP contribution is 2.28. The summed E-state index contributed by atoms with van der Waals surface area (Å²) in [5.41, 5.74) is 7.75. The zero-order chi connectivity index (χ0) is 11.4. The van der Waals surface area contributed by atoms with Crippen molar-refractivity contribution in [3.63, 3.8) is 0 Å². The molecule has 0 radical (unpaired) electrons. The van der Waals surface area contributed by atoms with Gasteiger partial charge in [0.15, 0.2) is 0 Å². The molecule has 4 heteroatoms. The fourth-order valence-electron chi connectivity index (χ4n) is 1.19. The van der Waals surface area contributed by atoms with E-state index in [1.165, 1.54) is 6.08 Å². The highest BCUT2D eigenvalue weighted by Gasteiger charge is 2.06. The van der Waals surface area contributed by atoms with Gasteiger partial charge in [-0.05, 0) is 30.7 Å². The molecule has 0 aromatic heterocycles. The van der Waals surface area contributed by atoms with Gasteiger partial charge in [0.05, 0.1) is 12.8 Å². The van der Waals surface area contributed by atoms with Gasteiger partial charge in [0.2, 0.25) is 5.91 Å². The predicted octanol–water partition coefficient (Wildman–Crippen LogP) is 1.71. The van der Waals surface area contributed by atoms with E-state index >= 15 is 0 Å². The van der Waals surface area contributed by atoms with Crippen LogP contribution in [0.4, 0.5) is 11.4 Å². The molecule has 0 heterocycles. The number of rotatable bonds is 3. The Morgan fingerprint density at radius 2 is 2.27 bits per heavy atom. The van der Waals surface area contributed by atoms with Crippen molar-refractivity contribution < 1.29 is 9.53 Å². The molecule has 1 aromatic carbocycles. The molecule has 0 unspecified atom stereocenters. The molecule has 1 aromatic rings. The summed E-state index contributed by atoms with van der Waals surface area (Å²) in [6, 6.07) is 3.43. The van der Waals surface area contributed by atoms with Crippen LogP contribution in [0.25, 0.3) is 0 Å². The Kier molecular flexibility index (Phi) is 3.33. The molecule has 0 aliphatic carbocycles. The molecule has 3 N–H and O–H groups in total. The molecule has 1 amide bonds. The van der Waals surface area contributed by atoms with Gasteiger partial charge in [0.25, 0.3) is 0 Å². The minimum Gasteiger partial charge on any atom is -0.495 e. The van der Waals surface area contributed by atoms with Crippen LogP contribution in [-0.2, 0) is 4.79 Å². The Morgan fingerprint density at radius 3 is 2.80 bits per heavy atom. The lowest BCUT2D eigenvalue weighted by Gasteiger charge is -2.11. The van der Waals surface area contributed by atoms with Crippen LogP contribution in [0.15, 0.2) is 24.8 Å². The molecule has 0 aliphatic heterocycles. The van der Waals surface area contributed by atoms with E-state index in [0.717, 1.165) is 5.56 Å². The molecular weight excluding hydrogens is 192 g/mol. The van der Waals surface area contributed by atoms with Crippen molar-refractivity contribution in [1.29, 1.82) is 0 Å². The van der Waals surface area contributed by atoms with Gasteiger partial charge < -0.3 is 15.8 Å². The maximum absolute atomic E-state index is 11.1. The van der Waals surface area contributed by atoms with Gasteiger partial charge in [0, 0.05) is 5.69 Å². The van der Waals surface area contributed by atoms with E-state index in [0.29, 0.717) is 17.1 Å². The molecule has 0 atom stereocenters. The number of nitrogen functional groups attached to an aromatic ring is 1. The summed E-state index contributed by atoms with van der Waals surface area (Å²) in [5.74, 6) is 0.340. The van der Waals surface area contributed by atoms with Gasteiger partial charge in [-0.1, -0.05) is 6.58 Å². The fraction of sp³-hybridized carbons (Fsp3) is 0.182. The summed E-state index contributed by atoms with van der Waals surface area (Å²) < 4.78 is 5.05. The topological polar surface area (TPSA) is 64.4 Å². The van der Waals surface area contributed by atoms with Crippen molar-refractivity contribution in [3.05, 3.63) is 30.4 Å². The number of anilines is 2. The second kappa shape index (κ2) is 4.50. The lowest BCUT2D eigenvalue weighted by molar-refractivity contribution is -0.111. The number of ether oxygens (including phenoxy) is 1. The normalized spacial score (nSPS) is 9.47. The number of aryl methyl sites for hydroxylation is 1. The van der Waals surface area contributed by atoms with Crippen LogP contribution < -0.4 is 15.8 Å². The van der Waals surface area contributed by atoms with E-state index in [4.69, 9.17) is 10.5 Å². The molecule has 0 aliphatic rings. The fourth-order valence-corrected chi connectivity index (χ4v) is 1.19. The van der Waals surface area contributed by atoms with Crippen LogP contribution in [-0.4, -0.2) is 13.0 Å². The van der Waals surface area contributed by atoms with E-state index in [1.54, 1.807) is 19.2 Å². The smallest absolute Gasteiger partial charge is 0.247 e. The standard InChI is InChI=1S/C11H14N2O2/c1-4-11(14)13-9-6-8(12)10(15-3)5-7(9)2/h4-6H,1,12H2,2-3H3,(H,13,14). The van der Waals surface area contributed by atoms with E-state index in [2.05, 4.69) is 11.9 Å². The Bertz CT molecular complexity index is 400. The first kappa shape index (κ1) is 11.1. The third-order valence-corrected chi connectivity index (χ3v) is 2.02. The number of methoxy groups -OCH3 is 1. The van der Waals surface area contributed by atoms with Gasteiger partial charge >= 0.3 is 0 Å². The molecule has 0 saturated carbocycles. The van der Waals surface area contributed by atoms with Crippen LogP contribution in [0.1, 0.15) is 5.56 Å². The third kappa shape index (κ3) is 2.49. The lowest BCUT2D eigenvalue weighted by atomic mass is 10.1. The number of hydrogen-bond donors (Lipinski definition) is 2. The van der Waals surface area contributed by atoms with E-state index in [-0.39, 0.29) is 5.91 Å². The van der Waals surface area contributed by atoms with Crippen molar-refractivity contribution in [2.24, 2.45) is 0 Å². The molecule has 4 nitrogen and oxygen atoms in total. The lowest BCUT2D eigenvalue weighted by Crippen LogP contribution is -2.09. The Balaban J connectivity index is 3.05. The summed E-state index contributed by atoms with van der Waals surface area (Å²) in [6.07, 6.45) is 1.21. The number of nitrogens with two attached hydrogens (primary N) is 1. The van der Waals surface area contributed by atoms with E-state index in [9.17, 15) is 4.79 Å². The molecule has 0 fully saturated rings. The average Bonchev–Trinajstić information content (AvgIpc) is 2.22. The maximum atomic E-state index is 11.1. The highest BCUT2D eigenvalue weighted by molar-refractivity contribution is 5.99. The van der Waals surface area contributed by atoms with Crippen LogP contribution in [0.5, 0.6) is 5.75 Å². The van der Waals surface area contributed by atoms with Crippen molar-refractivity contribution in [3.8, 4) is 5.75 Å². The molecule has 80 valence electrons. The first-order valence-corrected chi connectivity index (χ1v) is 4.46. The monoisotopic (exact) mass is 206 g/mol. The Labute approximate surface area is 88.7 Å². The Hall–Kier alpha value is -1.97. The summed E-state index contributed by atoms with van der Waals surface area (Å²) in [4.78, 5) is 11.1. The van der Waals surface area contributed by atoms with Crippen LogP contribution in [0.2, 0.25) is 0 Å². The number of amides is 1. The van der Waals surface area contributed by atoms with E-state index < -0.39 is 0 Å². The average molecular weight is 206 g/mol. The SMILES string of the molecule is C=CC(=O)Nc1cc(N)c(OC)cc1C. The summed E-state index contributed by atoms with van der Waals surface area (Å²) >= 11 is 0. The first-order valence-electron chi connectivity index (χ1n) is 4.46.